The molecule has 2 aromatic rings. The summed E-state index contributed by atoms with van der Waals surface area (Å²) in [6, 6.07) is 7.83. The number of ether oxygens (including phenoxy) is 1. The number of aliphatic imine (C=N–C) groups is 1. The minimum atomic E-state index is -0.321. The maximum atomic E-state index is 13.0. The third-order valence-electron chi connectivity index (χ3n) is 3.34. The van der Waals surface area contributed by atoms with Gasteiger partial charge in [0.2, 0.25) is 0 Å². The molecule has 0 spiro atoms. The van der Waals surface area contributed by atoms with Gasteiger partial charge in [0, 0.05) is 25.9 Å². The van der Waals surface area contributed by atoms with E-state index in [2.05, 4.69) is 15.6 Å². The summed E-state index contributed by atoms with van der Waals surface area (Å²) in [6.45, 7) is 1.42. The second-order valence-corrected chi connectivity index (χ2v) is 5.76. The number of guanidine groups is 1. The number of benzene rings is 1. The summed E-state index contributed by atoms with van der Waals surface area (Å²) in [5, 5.41) is 7.29. The van der Waals surface area contributed by atoms with E-state index in [0.29, 0.717) is 41.6 Å². The zero-order valence-electron chi connectivity index (χ0n) is 13.4. The van der Waals surface area contributed by atoms with Gasteiger partial charge >= 0.3 is 0 Å². The maximum absolute atomic E-state index is 13.0. The first kappa shape index (κ1) is 18.4. The molecule has 0 aliphatic carbocycles. The van der Waals surface area contributed by atoms with Crippen LogP contribution in [0.15, 0.2) is 35.3 Å². The summed E-state index contributed by atoms with van der Waals surface area (Å²) in [4.78, 5) is 4.12. The molecule has 8 heteroatoms. The Hall–Kier alpha value is -1.92. The molecule has 0 bridgehead atoms. The van der Waals surface area contributed by atoms with E-state index in [-0.39, 0.29) is 5.82 Å². The summed E-state index contributed by atoms with van der Waals surface area (Å²) in [5.41, 5.74) is 0.934. The largest absolute Gasteiger partial charge is 0.492 e. The number of halogens is 3. The lowest BCUT2D eigenvalue weighted by molar-refractivity contribution is 0.320. The first-order valence-corrected chi connectivity index (χ1v) is 8.09. The fourth-order valence-electron chi connectivity index (χ4n) is 2.05. The Morgan fingerprint density at radius 3 is 2.71 bits per heavy atom. The van der Waals surface area contributed by atoms with Gasteiger partial charge in [-0.15, -0.1) is 0 Å². The number of nitrogens with zero attached hydrogens (tertiary/aromatic N) is 2. The van der Waals surface area contributed by atoms with Crippen LogP contribution in [-0.4, -0.2) is 30.7 Å². The van der Waals surface area contributed by atoms with Crippen molar-refractivity contribution in [3.8, 4) is 5.75 Å². The van der Waals surface area contributed by atoms with E-state index in [4.69, 9.17) is 27.9 Å². The standard InChI is InChI=1S/C16H19Cl2FN4O/c1-20-16(22-10-12-9-14(17)15(18)23(12)2)21-6-7-24-13-5-3-4-11(19)8-13/h3-5,8-9H,6-7,10H2,1-2H3,(H2,20,21,22). The second kappa shape index (κ2) is 8.80. The van der Waals surface area contributed by atoms with Crippen LogP contribution in [0.5, 0.6) is 5.75 Å². The monoisotopic (exact) mass is 372 g/mol. The molecule has 0 saturated carbocycles. The highest BCUT2D eigenvalue weighted by molar-refractivity contribution is 6.41. The molecule has 1 aromatic heterocycles. The van der Waals surface area contributed by atoms with Crippen molar-refractivity contribution < 1.29 is 9.13 Å². The third kappa shape index (κ3) is 5.04. The number of hydrogen-bond acceptors (Lipinski definition) is 2. The Bertz CT molecular complexity index is 718. The van der Waals surface area contributed by atoms with Gasteiger partial charge in [-0.1, -0.05) is 29.3 Å². The van der Waals surface area contributed by atoms with Crippen LogP contribution < -0.4 is 15.4 Å². The van der Waals surface area contributed by atoms with Gasteiger partial charge in [0.15, 0.2) is 5.96 Å². The van der Waals surface area contributed by atoms with Gasteiger partial charge in [-0.25, -0.2) is 4.39 Å². The number of nitrogens with one attached hydrogen (secondary N) is 2. The van der Waals surface area contributed by atoms with Crippen molar-refractivity contribution in [2.45, 2.75) is 6.54 Å². The van der Waals surface area contributed by atoms with E-state index in [1.54, 1.807) is 29.8 Å². The van der Waals surface area contributed by atoms with Crippen LogP contribution in [0.2, 0.25) is 10.2 Å². The number of rotatable bonds is 6. The Kier molecular flexibility index (Phi) is 6.75. The minimum absolute atomic E-state index is 0.321. The summed E-state index contributed by atoms with van der Waals surface area (Å²) in [6.07, 6.45) is 0. The average molecular weight is 373 g/mol. The molecule has 0 unspecified atom stereocenters. The molecule has 2 N–H and O–H groups in total. The van der Waals surface area contributed by atoms with E-state index in [0.717, 1.165) is 5.69 Å². The molecule has 2 rings (SSSR count). The second-order valence-electron chi connectivity index (χ2n) is 4.99. The van der Waals surface area contributed by atoms with Gasteiger partial charge in [0.25, 0.3) is 0 Å². The van der Waals surface area contributed by atoms with Crippen molar-refractivity contribution in [3.63, 3.8) is 0 Å². The van der Waals surface area contributed by atoms with E-state index in [9.17, 15) is 4.39 Å². The molecule has 5 nitrogen and oxygen atoms in total. The highest BCUT2D eigenvalue weighted by Crippen LogP contribution is 2.24. The predicted octanol–water partition coefficient (Wildman–Crippen LogP) is 3.22. The summed E-state index contributed by atoms with van der Waals surface area (Å²) >= 11 is 12.0. The van der Waals surface area contributed by atoms with Crippen LogP contribution in [0.25, 0.3) is 0 Å². The molecule has 0 radical (unpaired) electrons. The molecule has 1 aromatic carbocycles. The quantitative estimate of drug-likeness (QED) is 0.465. The van der Waals surface area contributed by atoms with Crippen LogP contribution in [0.3, 0.4) is 0 Å². The molecule has 1 heterocycles. The van der Waals surface area contributed by atoms with Crippen molar-refractivity contribution in [3.05, 3.63) is 52.0 Å². The van der Waals surface area contributed by atoms with Gasteiger partial charge < -0.3 is 19.9 Å². The smallest absolute Gasteiger partial charge is 0.191 e. The molecule has 24 heavy (non-hydrogen) atoms. The summed E-state index contributed by atoms with van der Waals surface area (Å²) in [5.74, 6) is 0.789. The van der Waals surface area contributed by atoms with Crippen molar-refractivity contribution in [2.24, 2.45) is 12.0 Å². The number of aromatic nitrogens is 1. The highest BCUT2D eigenvalue weighted by Gasteiger charge is 2.09. The lowest BCUT2D eigenvalue weighted by Crippen LogP contribution is -2.39. The van der Waals surface area contributed by atoms with Crippen LogP contribution in [0.1, 0.15) is 5.69 Å². The molecule has 0 amide bonds. The van der Waals surface area contributed by atoms with E-state index >= 15 is 0 Å². The number of hydrogen-bond donors (Lipinski definition) is 2. The van der Waals surface area contributed by atoms with Crippen LogP contribution in [0, 0.1) is 5.82 Å². The van der Waals surface area contributed by atoms with E-state index < -0.39 is 0 Å². The highest BCUT2D eigenvalue weighted by atomic mass is 35.5. The van der Waals surface area contributed by atoms with E-state index in [1.807, 2.05) is 7.05 Å². The SMILES string of the molecule is CN=C(NCCOc1cccc(F)c1)NCc1cc(Cl)c(Cl)n1C. The van der Waals surface area contributed by atoms with Crippen LogP contribution in [0.4, 0.5) is 4.39 Å². The Balaban J connectivity index is 1.75. The first-order valence-electron chi connectivity index (χ1n) is 7.33. The molecule has 0 aliphatic heterocycles. The van der Waals surface area contributed by atoms with Crippen molar-refractivity contribution >= 4 is 29.2 Å². The fraction of sp³-hybridized carbons (Fsp3) is 0.312. The van der Waals surface area contributed by atoms with E-state index in [1.165, 1.54) is 12.1 Å². The molecular weight excluding hydrogens is 354 g/mol. The Morgan fingerprint density at radius 2 is 2.08 bits per heavy atom. The molecule has 130 valence electrons. The zero-order chi connectivity index (χ0) is 17.5. The van der Waals surface area contributed by atoms with Gasteiger partial charge in [-0.2, -0.15) is 0 Å². The van der Waals surface area contributed by atoms with Crippen LogP contribution >= 0.6 is 23.2 Å². The third-order valence-corrected chi connectivity index (χ3v) is 4.18. The maximum Gasteiger partial charge on any atom is 0.191 e. The van der Waals surface area contributed by atoms with Gasteiger partial charge in [0.1, 0.15) is 23.3 Å². The summed E-state index contributed by atoms with van der Waals surface area (Å²) in [7, 11) is 3.52. The molecule has 0 atom stereocenters. The lowest BCUT2D eigenvalue weighted by Gasteiger charge is -2.13. The normalized spacial score (nSPS) is 11.5. The van der Waals surface area contributed by atoms with Crippen molar-refractivity contribution in [2.75, 3.05) is 20.2 Å². The van der Waals surface area contributed by atoms with Crippen molar-refractivity contribution in [1.29, 1.82) is 0 Å². The van der Waals surface area contributed by atoms with Gasteiger partial charge in [-0.3, -0.25) is 4.99 Å². The van der Waals surface area contributed by atoms with Gasteiger partial charge in [-0.05, 0) is 18.2 Å². The van der Waals surface area contributed by atoms with Gasteiger partial charge in [0.05, 0.1) is 18.1 Å². The average Bonchev–Trinajstić information content (AvgIpc) is 2.81. The minimum Gasteiger partial charge on any atom is -0.492 e. The predicted molar refractivity (Wildman–Crippen MR) is 95.5 cm³/mol. The lowest BCUT2D eigenvalue weighted by atomic mass is 10.3. The molecule has 0 aliphatic rings. The topological polar surface area (TPSA) is 50.6 Å². The Morgan fingerprint density at radius 1 is 1.29 bits per heavy atom. The fourth-order valence-corrected chi connectivity index (χ4v) is 2.46. The van der Waals surface area contributed by atoms with Crippen molar-refractivity contribution in [1.82, 2.24) is 15.2 Å². The zero-order valence-corrected chi connectivity index (χ0v) is 15.0. The van der Waals surface area contributed by atoms with Crippen LogP contribution in [-0.2, 0) is 13.6 Å². The molecule has 0 saturated heterocycles. The summed E-state index contributed by atoms with van der Waals surface area (Å²) < 4.78 is 20.3. The first-order chi connectivity index (χ1) is 11.5. The Labute approximate surface area is 150 Å². The molecular formula is C16H19Cl2FN4O. The molecule has 0 fully saturated rings.